The second-order valence-electron chi connectivity index (χ2n) is 3.86. The van der Waals surface area contributed by atoms with Gasteiger partial charge in [0.15, 0.2) is 0 Å². The van der Waals surface area contributed by atoms with Crippen molar-refractivity contribution in [1.82, 2.24) is 5.32 Å². The van der Waals surface area contributed by atoms with Gasteiger partial charge in [0, 0.05) is 6.54 Å². The average Bonchev–Trinajstić information content (AvgIpc) is 2.24. The van der Waals surface area contributed by atoms with Crippen LogP contribution in [0.4, 0.5) is 0 Å². The normalized spacial score (nSPS) is 10.3. The predicted molar refractivity (Wildman–Crippen MR) is 63.5 cm³/mol. The summed E-state index contributed by atoms with van der Waals surface area (Å²) in [6.45, 7) is 7.81. The Morgan fingerprint density at radius 3 is 2.80 bits per heavy atom. The highest BCUT2D eigenvalue weighted by molar-refractivity contribution is 5.22. The molecule has 0 radical (unpaired) electrons. The van der Waals surface area contributed by atoms with Crippen LogP contribution >= 0.6 is 0 Å². The molecule has 82 valence electrons. The molecular formula is C13H19NO. The molecule has 1 rings (SSSR count). The fourth-order valence-electron chi connectivity index (χ4n) is 1.37. The topological polar surface area (TPSA) is 32.3 Å². The van der Waals surface area contributed by atoms with Crippen LogP contribution in [0.25, 0.3) is 0 Å². The second kappa shape index (κ2) is 6.38. The van der Waals surface area contributed by atoms with E-state index in [4.69, 9.17) is 5.11 Å². The Hall–Kier alpha value is -1.12. The standard InChI is InChI=1S/C13H19NO/c1-11(2)6-7-14-9-12-4-3-5-13(8-12)10-15/h3-5,8,14-15H,1,6-7,9-10H2,2H3. The van der Waals surface area contributed by atoms with E-state index in [-0.39, 0.29) is 6.61 Å². The van der Waals surface area contributed by atoms with Gasteiger partial charge in [-0.05, 0) is 31.0 Å². The third kappa shape index (κ3) is 4.77. The fourth-order valence-corrected chi connectivity index (χ4v) is 1.37. The van der Waals surface area contributed by atoms with Gasteiger partial charge in [-0.15, -0.1) is 6.58 Å². The van der Waals surface area contributed by atoms with Gasteiger partial charge in [0.1, 0.15) is 0 Å². The molecule has 2 N–H and O–H groups in total. The molecule has 15 heavy (non-hydrogen) atoms. The van der Waals surface area contributed by atoms with Gasteiger partial charge in [-0.1, -0.05) is 29.8 Å². The van der Waals surface area contributed by atoms with E-state index in [0.29, 0.717) is 0 Å². The van der Waals surface area contributed by atoms with Gasteiger partial charge in [-0.2, -0.15) is 0 Å². The van der Waals surface area contributed by atoms with Crippen LogP contribution in [0.5, 0.6) is 0 Å². The Kier molecular flexibility index (Phi) is 5.08. The first-order chi connectivity index (χ1) is 7.22. The van der Waals surface area contributed by atoms with Crippen LogP contribution in [0.3, 0.4) is 0 Å². The molecule has 0 saturated heterocycles. The summed E-state index contributed by atoms with van der Waals surface area (Å²) in [6, 6.07) is 7.99. The number of hydrogen-bond donors (Lipinski definition) is 2. The summed E-state index contributed by atoms with van der Waals surface area (Å²) in [5.41, 5.74) is 3.38. The molecule has 2 nitrogen and oxygen atoms in total. The van der Waals surface area contributed by atoms with Crippen molar-refractivity contribution in [2.24, 2.45) is 0 Å². The molecule has 0 atom stereocenters. The number of benzene rings is 1. The first-order valence-corrected chi connectivity index (χ1v) is 5.26. The van der Waals surface area contributed by atoms with Crippen LogP contribution < -0.4 is 5.32 Å². The van der Waals surface area contributed by atoms with Crippen LogP contribution in [0.1, 0.15) is 24.5 Å². The molecule has 0 spiro atoms. The van der Waals surface area contributed by atoms with E-state index in [1.54, 1.807) is 0 Å². The third-order valence-corrected chi connectivity index (χ3v) is 2.23. The highest BCUT2D eigenvalue weighted by Crippen LogP contribution is 2.05. The Bertz CT molecular complexity index is 320. The number of rotatable bonds is 6. The summed E-state index contributed by atoms with van der Waals surface area (Å²) in [7, 11) is 0. The predicted octanol–water partition coefficient (Wildman–Crippen LogP) is 2.23. The van der Waals surface area contributed by atoms with E-state index >= 15 is 0 Å². The molecule has 0 unspecified atom stereocenters. The zero-order valence-electron chi connectivity index (χ0n) is 9.29. The van der Waals surface area contributed by atoms with Crippen LogP contribution in [0.2, 0.25) is 0 Å². The van der Waals surface area contributed by atoms with Crippen molar-refractivity contribution in [3.05, 3.63) is 47.5 Å². The molecule has 2 heteroatoms. The maximum Gasteiger partial charge on any atom is 0.0681 e. The molecule has 0 aliphatic carbocycles. The average molecular weight is 205 g/mol. The van der Waals surface area contributed by atoms with Gasteiger partial charge in [0.2, 0.25) is 0 Å². The van der Waals surface area contributed by atoms with Crippen molar-refractivity contribution >= 4 is 0 Å². The van der Waals surface area contributed by atoms with E-state index in [1.807, 2.05) is 25.1 Å². The lowest BCUT2D eigenvalue weighted by molar-refractivity contribution is 0.281. The highest BCUT2D eigenvalue weighted by atomic mass is 16.3. The second-order valence-corrected chi connectivity index (χ2v) is 3.86. The van der Waals surface area contributed by atoms with E-state index in [0.717, 1.165) is 25.1 Å². The SMILES string of the molecule is C=C(C)CCNCc1cccc(CO)c1. The number of aliphatic hydroxyl groups excluding tert-OH is 1. The van der Waals surface area contributed by atoms with Gasteiger partial charge < -0.3 is 10.4 Å². The van der Waals surface area contributed by atoms with Crippen molar-refractivity contribution in [3.8, 4) is 0 Å². The van der Waals surface area contributed by atoms with E-state index in [2.05, 4.69) is 18.0 Å². The molecule has 1 aromatic rings. The summed E-state index contributed by atoms with van der Waals surface area (Å²) >= 11 is 0. The fraction of sp³-hybridized carbons (Fsp3) is 0.385. The molecule has 0 aliphatic heterocycles. The van der Waals surface area contributed by atoms with E-state index < -0.39 is 0 Å². The molecule has 0 aromatic heterocycles. The zero-order valence-corrected chi connectivity index (χ0v) is 9.29. The van der Waals surface area contributed by atoms with Crippen molar-refractivity contribution in [3.63, 3.8) is 0 Å². The molecule has 0 heterocycles. The molecule has 0 bridgehead atoms. The Morgan fingerprint density at radius 2 is 2.13 bits per heavy atom. The number of hydrogen-bond acceptors (Lipinski definition) is 2. The summed E-state index contributed by atoms with van der Waals surface area (Å²) < 4.78 is 0. The minimum Gasteiger partial charge on any atom is -0.392 e. The first kappa shape index (κ1) is 12.0. The van der Waals surface area contributed by atoms with Gasteiger partial charge in [-0.25, -0.2) is 0 Å². The monoisotopic (exact) mass is 205 g/mol. The van der Waals surface area contributed by atoms with Crippen molar-refractivity contribution in [2.75, 3.05) is 6.54 Å². The van der Waals surface area contributed by atoms with Gasteiger partial charge in [0.05, 0.1) is 6.61 Å². The van der Waals surface area contributed by atoms with Crippen LogP contribution in [-0.4, -0.2) is 11.7 Å². The third-order valence-electron chi connectivity index (χ3n) is 2.23. The van der Waals surface area contributed by atoms with E-state index in [9.17, 15) is 0 Å². The summed E-state index contributed by atoms with van der Waals surface area (Å²) in [4.78, 5) is 0. The molecule has 0 amide bonds. The first-order valence-electron chi connectivity index (χ1n) is 5.26. The molecule has 0 fully saturated rings. The number of aliphatic hydroxyl groups is 1. The Balaban J connectivity index is 2.33. The van der Waals surface area contributed by atoms with Gasteiger partial charge in [0.25, 0.3) is 0 Å². The lowest BCUT2D eigenvalue weighted by atomic mass is 10.1. The maximum absolute atomic E-state index is 8.97. The van der Waals surface area contributed by atoms with Crippen LogP contribution in [0.15, 0.2) is 36.4 Å². The smallest absolute Gasteiger partial charge is 0.0681 e. The lowest BCUT2D eigenvalue weighted by Gasteiger charge is -2.05. The Morgan fingerprint density at radius 1 is 1.40 bits per heavy atom. The van der Waals surface area contributed by atoms with Crippen molar-refractivity contribution in [2.45, 2.75) is 26.5 Å². The molecule has 1 aromatic carbocycles. The lowest BCUT2D eigenvalue weighted by Crippen LogP contribution is -2.14. The van der Waals surface area contributed by atoms with Crippen LogP contribution in [0, 0.1) is 0 Å². The van der Waals surface area contributed by atoms with Gasteiger partial charge >= 0.3 is 0 Å². The van der Waals surface area contributed by atoms with Crippen LogP contribution in [-0.2, 0) is 13.2 Å². The molecule has 0 saturated carbocycles. The van der Waals surface area contributed by atoms with Crippen molar-refractivity contribution < 1.29 is 5.11 Å². The minimum absolute atomic E-state index is 0.111. The van der Waals surface area contributed by atoms with Crippen molar-refractivity contribution in [1.29, 1.82) is 0 Å². The highest BCUT2D eigenvalue weighted by Gasteiger charge is 1.94. The summed E-state index contributed by atoms with van der Waals surface area (Å²) in [5.74, 6) is 0. The largest absolute Gasteiger partial charge is 0.392 e. The number of nitrogens with one attached hydrogen (secondary N) is 1. The quantitative estimate of drug-likeness (QED) is 0.551. The summed E-state index contributed by atoms with van der Waals surface area (Å²) in [6.07, 6.45) is 1.01. The van der Waals surface area contributed by atoms with Gasteiger partial charge in [-0.3, -0.25) is 0 Å². The molecular weight excluding hydrogens is 186 g/mol. The zero-order chi connectivity index (χ0) is 11.1. The Labute approximate surface area is 91.6 Å². The molecule has 0 aliphatic rings. The minimum atomic E-state index is 0.111. The summed E-state index contributed by atoms with van der Waals surface area (Å²) in [5, 5.41) is 12.3. The van der Waals surface area contributed by atoms with E-state index in [1.165, 1.54) is 11.1 Å². The maximum atomic E-state index is 8.97.